The first kappa shape index (κ1) is 9.71. The van der Waals surface area contributed by atoms with Crippen LogP contribution in [-0.2, 0) is 3.63 Å². The molecule has 1 aliphatic heterocycles. The molecule has 4 heteroatoms. The Labute approximate surface area is 78.6 Å². The Kier molecular flexibility index (Phi) is 4.06. The highest BCUT2D eigenvalue weighted by atomic mass is 32.2. The number of hydrogen-bond acceptors (Lipinski definition) is 4. The smallest absolute Gasteiger partial charge is 0.0965 e. The largest absolute Gasteiger partial charge is 0.234 e. The number of rotatable bonds is 2. The Morgan fingerprint density at radius 1 is 1.36 bits per heavy atom. The summed E-state index contributed by atoms with van der Waals surface area (Å²) in [4.78, 5) is 0. The van der Waals surface area contributed by atoms with Crippen LogP contribution in [0.15, 0.2) is 0 Å². The predicted octanol–water partition coefficient (Wildman–Crippen LogP) is 2.67. The monoisotopic (exact) mass is 193 g/mol. The van der Waals surface area contributed by atoms with E-state index < -0.39 is 0 Å². The molecule has 1 rings (SSSR count). The lowest BCUT2D eigenvalue weighted by molar-refractivity contribution is 0.216. The van der Waals surface area contributed by atoms with E-state index in [0.717, 1.165) is 0 Å². The van der Waals surface area contributed by atoms with Gasteiger partial charge in [0, 0.05) is 12.1 Å². The first-order valence-corrected chi connectivity index (χ1v) is 5.08. The first-order chi connectivity index (χ1) is 5.25. The summed E-state index contributed by atoms with van der Waals surface area (Å²) in [5.74, 6) is 0. The van der Waals surface area contributed by atoms with E-state index in [1.807, 2.05) is 0 Å². The lowest BCUT2D eigenvalue weighted by Crippen LogP contribution is -2.38. The van der Waals surface area contributed by atoms with E-state index in [2.05, 4.69) is 31.1 Å². The molecule has 1 saturated heterocycles. The van der Waals surface area contributed by atoms with Crippen molar-refractivity contribution < 1.29 is 3.63 Å². The highest BCUT2D eigenvalue weighted by Gasteiger charge is 2.25. The summed E-state index contributed by atoms with van der Waals surface area (Å²) >= 11 is 5.10. The zero-order valence-electron chi connectivity index (χ0n) is 6.99. The second-order valence-corrected chi connectivity index (χ2v) is 4.30. The molecular formula is C7H15NOS2. The van der Waals surface area contributed by atoms with Crippen LogP contribution in [-0.4, -0.2) is 16.4 Å². The lowest BCUT2D eigenvalue weighted by Gasteiger charge is -2.35. The van der Waals surface area contributed by atoms with Crippen molar-refractivity contribution in [3.05, 3.63) is 0 Å². The van der Waals surface area contributed by atoms with Crippen molar-refractivity contribution >= 4 is 25.1 Å². The van der Waals surface area contributed by atoms with E-state index in [1.54, 1.807) is 0 Å². The molecule has 66 valence electrons. The van der Waals surface area contributed by atoms with Gasteiger partial charge in [-0.05, 0) is 39.6 Å². The van der Waals surface area contributed by atoms with Gasteiger partial charge in [-0.15, -0.1) is 0 Å². The maximum atomic E-state index is 4.76. The minimum Gasteiger partial charge on any atom is -0.234 e. The van der Waals surface area contributed by atoms with E-state index >= 15 is 0 Å². The van der Waals surface area contributed by atoms with Gasteiger partial charge in [-0.3, -0.25) is 0 Å². The van der Waals surface area contributed by atoms with Crippen LogP contribution in [0.2, 0.25) is 0 Å². The van der Waals surface area contributed by atoms with Crippen LogP contribution in [0.1, 0.15) is 33.1 Å². The molecule has 0 N–H and O–H groups in total. The van der Waals surface area contributed by atoms with Crippen molar-refractivity contribution in [2.75, 3.05) is 0 Å². The summed E-state index contributed by atoms with van der Waals surface area (Å²) < 4.78 is 7.03. The number of piperidine rings is 1. The molecule has 0 spiro atoms. The topological polar surface area (TPSA) is 12.5 Å². The second-order valence-electron chi connectivity index (χ2n) is 3.14. The fraction of sp³-hybridized carbons (Fsp3) is 1.00. The van der Waals surface area contributed by atoms with Gasteiger partial charge < -0.3 is 0 Å². The van der Waals surface area contributed by atoms with Crippen molar-refractivity contribution in [3.8, 4) is 0 Å². The molecule has 0 radical (unpaired) electrons. The van der Waals surface area contributed by atoms with E-state index in [1.165, 1.54) is 31.5 Å². The molecular weight excluding hydrogens is 178 g/mol. The number of thiol groups is 1. The molecule has 1 fully saturated rings. The molecule has 1 heterocycles. The van der Waals surface area contributed by atoms with Gasteiger partial charge in [-0.2, -0.15) is 0 Å². The molecule has 0 amide bonds. The van der Waals surface area contributed by atoms with Crippen LogP contribution in [0, 0.1) is 0 Å². The molecule has 0 saturated carbocycles. The Morgan fingerprint density at radius 2 is 1.91 bits per heavy atom. The highest BCUT2D eigenvalue weighted by Crippen LogP contribution is 2.29. The van der Waals surface area contributed by atoms with Crippen molar-refractivity contribution in [1.29, 1.82) is 0 Å². The fourth-order valence-corrected chi connectivity index (χ4v) is 2.40. The average Bonchev–Trinajstić information content (AvgIpc) is 1.97. The van der Waals surface area contributed by atoms with Gasteiger partial charge >= 0.3 is 0 Å². The molecule has 11 heavy (non-hydrogen) atoms. The Bertz CT molecular complexity index is 113. The summed E-state index contributed by atoms with van der Waals surface area (Å²) in [6.45, 7) is 4.46. The average molecular weight is 193 g/mol. The van der Waals surface area contributed by atoms with Gasteiger partial charge in [-0.1, -0.05) is 6.42 Å². The normalized spacial score (nSPS) is 34.1. The zero-order valence-corrected chi connectivity index (χ0v) is 8.70. The number of hydrogen-bond donors (Lipinski definition) is 1. The van der Waals surface area contributed by atoms with Crippen LogP contribution in [0.5, 0.6) is 0 Å². The fourth-order valence-electron chi connectivity index (χ4n) is 1.58. The summed E-state index contributed by atoms with van der Waals surface area (Å²) in [6.07, 6.45) is 3.88. The summed E-state index contributed by atoms with van der Waals surface area (Å²) in [5.41, 5.74) is 0. The molecule has 2 atom stereocenters. The molecule has 0 aromatic carbocycles. The van der Waals surface area contributed by atoms with Crippen LogP contribution in [0.4, 0.5) is 0 Å². The number of nitrogens with zero attached hydrogens (tertiary/aromatic N) is 1. The van der Waals surface area contributed by atoms with Gasteiger partial charge in [0.2, 0.25) is 0 Å². The molecule has 0 bridgehead atoms. The predicted molar refractivity (Wildman–Crippen MR) is 52.3 cm³/mol. The van der Waals surface area contributed by atoms with Gasteiger partial charge in [0.25, 0.3) is 0 Å². The van der Waals surface area contributed by atoms with E-state index in [-0.39, 0.29) is 0 Å². The Balaban J connectivity index is 2.41. The van der Waals surface area contributed by atoms with Crippen LogP contribution >= 0.6 is 25.1 Å². The van der Waals surface area contributed by atoms with Gasteiger partial charge in [0.05, 0.1) is 12.2 Å². The third kappa shape index (κ3) is 2.54. The summed E-state index contributed by atoms with van der Waals surface area (Å²) in [7, 11) is 0. The quantitative estimate of drug-likeness (QED) is 0.411. The Hall–Kier alpha value is 0.620. The van der Waals surface area contributed by atoms with E-state index in [9.17, 15) is 0 Å². The van der Waals surface area contributed by atoms with E-state index in [4.69, 9.17) is 3.63 Å². The van der Waals surface area contributed by atoms with Crippen LogP contribution < -0.4 is 0 Å². The minimum absolute atomic E-state index is 0.621. The molecule has 0 aromatic rings. The molecule has 0 aliphatic carbocycles. The lowest BCUT2D eigenvalue weighted by atomic mass is 10.0. The maximum absolute atomic E-state index is 4.76. The van der Waals surface area contributed by atoms with Crippen molar-refractivity contribution in [1.82, 2.24) is 4.31 Å². The highest BCUT2D eigenvalue weighted by molar-refractivity contribution is 7.99. The molecule has 1 aliphatic rings. The third-order valence-corrected chi connectivity index (χ3v) is 3.39. The van der Waals surface area contributed by atoms with Crippen molar-refractivity contribution in [2.24, 2.45) is 0 Å². The standard InChI is InChI=1S/C7H15NOS2/c1-6-4-3-5-7(2)8(6)11-9-10/h6-7,10H,3-5H2,1-2H3. The molecule has 2 unspecified atom stereocenters. The van der Waals surface area contributed by atoms with Gasteiger partial charge in [0.1, 0.15) is 0 Å². The third-order valence-electron chi connectivity index (χ3n) is 2.23. The van der Waals surface area contributed by atoms with Gasteiger partial charge in [0.15, 0.2) is 0 Å². The second kappa shape index (κ2) is 4.60. The van der Waals surface area contributed by atoms with Crippen molar-refractivity contribution in [2.45, 2.75) is 45.2 Å². The Morgan fingerprint density at radius 3 is 2.36 bits per heavy atom. The van der Waals surface area contributed by atoms with E-state index in [0.29, 0.717) is 12.1 Å². The van der Waals surface area contributed by atoms with Gasteiger partial charge in [-0.25, -0.2) is 7.93 Å². The summed E-state index contributed by atoms with van der Waals surface area (Å²) in [6, 6.07) is 1.24. The zero-order chi connectivity index (χ0) is 8.27. The SMILES string of the molecule is CC1CCCC(C)N1SOS. The molecule has 2 nitrogen and oxygen atoms in total. The summed E-state index contributed by atoms with van der Waals surface area (Å²) in [5, 5.41) is 0. The first-order valence-electron chi connectivity index (χ1n) is 4.02. The molecule has 0 aromatic heterocycles. The van der Waals surface area contributed by atoms with Crippen LogP contribution in [0.25, 0.3) is 0 Å². The minimum atomic E-state index is 0.621. The maximum Gasteiger partial charge on any atom is 0.0965 e. The van der Waals surface area contributed by atoms with Crippen LogP contribution in [0.3, 0.4) is 0 Å². The van der Waals surface area contributed by atoms with Crippen molar-refractivity contribution in [3.63, 3.8) is 0 Å².